The molecule has 1 amide bonds. The molecule has 0 radical (unpaired) electrons. The van der Waals surface area contributed by atoms with Crippen LogP contribution in [0.4, 0.5) is 4.39 Å². The van der Waals surface area contributed by atoms with Crippen molar-refractivity contribution in [1.29, 1.82) is 0 Å². The SMILES string of the molecule is O=C(NCC#Cc1ccc(F)cc1)c1cc(=O)c2ccccc2o1. The molecule has 0 aliphatic carbocycles. The predicted octanol–water partition coefficient (Wildman–Crippen LogP) is 2.71. The number of amides is 1. The van der Waals surface area contributed by atoms with E-state index in [0.717, 1.165) is 6.07 Å². The Balaban J connectivity index is 1.70. The molecule has 4 nitrogen and oxygen atoms in total. The van der Waals surface area contributed by atoms with Crippen molar-refractivity contribution >= 4 is 16.9 Å². The molecular weight excluding hydrogens is 309 g/mol. The van der Waals surface area contributed by atoms with E-state index < -0.39 is 5.91 Å². The monoisotopic (exact) mass is 321 g/mol. The van der Waals surface area contributed by atoms with Gasteiger partial charge in [-0.05, 0) is 36.4 Å². The maximum Gasteiger partial charge on any atom is 0.287 e. The van der Waals surface area contributed by atoms with Crippen LogP contribution in [0.15, 0.2) is 63.8 Å². The summed E-state index contributed by atoms with van der Waals surface area (Å²) in [6.07, 6.45) is 0. The Morgan fingerprint density at radius 1 is 1.12 bits per heavy atom. The number of hydrogen-bond donors (Lipinski definition) is 1. The fourth-order valence-corrected chi connectivity index (χ4v) is 2.11. The van der Waals surface area contributed by atoms with Crippen molar-refractivity contribution in [1.82, 2.24) is 5.32 Å². The van der Waals surface area contributed by atoms with Crippen LogP contribution in [-0.2, 0) is 0 Å². The molecule has 0 aliphatic rings. The third-order valence-electron chi connectivity index (χ3n) is 3.27. The van der Waals surface area contributed by atoms with Gasteiger partial charge in [0.1, 0.15) is 11.4 Å². The van der Waals surface area contributed by atoms with Gasteiger partial charge in [0.05, 0.1) is 11.9 Å². The summed E-state index contributed by atoms with van der Waals surface area (Å²) in [5.41, 5.74) is 0.717. The third kappa shape index (κ3) is 3.50. The molecule has 0 spiro atoms. The molecule has 0 aliphatic heterocycles. The Kier molecular flexibility index (Phi) is 4.39. The molecule has 0 unspecified atom stereocenters. The summed E-state index contributed by atoms with van der Waals surface area (Å²) in [5, 5.41) is 2.97. The van der Waals surface area contributed by atoms with Crippen molar-refractivity contribution in [2.24, 2.45) is 0 Å². The lowest BCUT2D eigenvalue weighted by atomic mass is 10.2. The molecule has 3 aromatic rings. The zero-order valence-electron chi connectivity index (χ0n) is 12.5. The highest BCUT2D eigenvalue weighted by atomic mass is 19.1. The van der Waals surface area contributed by atoms with E-state index in [9.17, 15) is 14.0 Å². The molecule has 1 heterocycles. The molecular formula is C19H12FNO3. The van der Waals surface area contributed by atoms with Crippen LogP contribution in [-0.4, -0.2) is 12.5 Å². The number of carbonyl (C=O) groups is 1. The van der Waals surface area contributed by atoms with Crippen LogP contribution in [0, 0.1) is 17.7 Å². The average molecular weight is 321 g/mol. The minimum atomic E-state index is -0.522. The number of hydrogen-bond acceptors (Lipinski definition) is 3. The van der Waals surface area contributed by atoms with Gasteiger partial charge in [-0.1, -0.05) is 24.0 Å². The molecule has 24 heavy (non-hydrogen) atoms. The van der Waals surface area contributed by atoms with Crippen LogP contribution < -0.4 is 10.7 Å². The smallest absolute Gasteiger partial charge is 0.287 e. The van der Waals surface area contributed by atoms with E-state index in [2.05, 4.69) is 17.2 Å². The Hall–Kier alpha value is -3.39. The van der Waals surface area contributed by atoms with E-state index in [1.807, 2.05) is 0 Å². The van der Waals surface area contributed by atoms with Crippen molar-refractivity contribution < 1.29 is 13.6 Å². The van der Waals surface area contributed by atoms with E-state index in [4.69, 9.17) is 4.42 Å². The van der Waals surface area contributed by atoms with E-state index in [1.165, 1.54) is 12.1 Å². The lowest BCUT2D eigenvalue weighted by molar-refractivity contribution is 0.0931. The quantitative estimate of drug-likeness (QED) is 0.738. The molecule has 0 saturated heterocycles. The molecule has 2 aromatic carbocycles. The molecule has 0 bridgehead atoms. The lowest BCUT2D eigenvalue weighted by Crippen LogP contribution is -2.24. The molecule has 5 heteroatoms. The van der Waals surface area contributed by atoms with Crippen molar-refractivity contribution in [3.05, 3.63) is 82.0 Å². The number of halogens is 1. The fourth-order valence-electron chi connectivity index (χ4n) is 2.11. The first-order chi connectivity index (χ1) is 11.6. The van der Waals surface area contributed by atoms with Crippen LogP contribution in [0.3, 0.4) is 0 Å². The molecule has 0 atom stereocenters. The normalized spacial score (nSPS) is 10.0. The lowest BCUT2D eigenvalue weighted by Gasteiger charge is -2.02. The summed E-state index contributed by atoms with van der Waals surface area (Å²) < 4.78 is 18.2. The van der Waals surface area contributed by atoms with Crippen LogP contribution >= 0.6 is 0 Å². The molecule has 0 fully saturated rings. The second-order valence-corrected chi connectivity index (χ2v) is 4.96. The minimum absolute atomic E-state index is 0.0673. The fraction of sp³-hybridized carbons (Fsp3) is 0.0526. The summed E-state index contributed by atoms with van der Waals surface area (Å²) in [6.45, 7) is 0.0761. The van der Waals surface area contributed by atoms with E-state index in [1.54, 1.807) is 36.4 Å². The van der Waals surface area contributed by atoms with Crippen molar-refractivity contribution in [3.8, 4) is 11.8 Å². The summed E-state index contributed by atoms with van der Waals surface area (Å²) in [4.78, 5) is 24.0. The molecule has 118 valence electrons. The summed E-state index contributed by atoms with van der Waals surface area (Å²) in [6, 6.07) is 13.6. The first-order valence-corrected chi connectivity index (χ1v) is 7.19. The number of carbonyl (C=O) groups excluding carboxylic acids is 1. The van der Waals surface area contributed by atoms with Gasteiger partial charge in [-0.15, -0.1) is 0 Å². The van der Waals surface area contributed by atoms with Crippen LogP contribution in [0.5, 0.6) is 0 Å². The molecule has 3 rings (SSSR count). The van der Waals surface area contributed by atoms with Crippen molar-refractivity contribution in [2.45, 2.75) is 0 Å². The van der Waals surface area contributed by atoms with Crippen molar-refractivity contribution in [2.75, 3.05) is 6.54 Å². The van der Waals surface area contributed by atoms with Crippen LogP contribution in [0.2, 0.25) is 0 Å². The number of benzene rings is 2. The second-order valence-electron chi connectivity index (χ2n) is 4.96. The van der Waals surface area contributed by atoms with Gasteiger partial charge in [-0.25, -0.2) is 4.39 Å². The highest BCUT2D eigenvalue weighted by molar-refractivity contribution is 5.93. The maximum atomic E-state index is 12.8. The second kappa shape index (κ2) is 6.80. The Bertz CT molecular complexity index is 1010. The van der Waals surface area contributed by atoms with Gasteiger partial charge in [-0.2, -0.15) is 0 Å². The van der Waals surface area contributed by atoms with Gasteiger partial charge >= 0.3 is 0 Å². The highest BCUT2D eigenvalue weighted by Crippen LogP contribution is 2.11. The van der Waals surface area contributed by atoms with Gasteiger partial charge in [0, 0.05) is 11.6 Å². The van der Waals surface area contributed by atoms with E-state index in [-0.39, 0.29) is 23.6 Å². The van der Waals surface area contributed by atoms with Gasteiger partial charge in [0.15, 0.2) is 11.2 Å². The standard InChI is InChI=1S/C19H12FNO3/c20-14-9-7-13(8-10-14)4-3-11-21-19(23)18-12-16(22)15-5-1-2-6-17(15)24-18/h1-2,5-10,12H,11H2,(H,21,23). The first-order valence-electron chi connectivity index (χ1n) is 7.19. The van der Waals surface area contributed by atoms with Gasteiger partial charge < -0.3 is 9.73 Å². The molecule has 0 saturated carbocycles. The first kappa shape index (κ1) is 15.5. The van der Waals surface area contributed by atoms with E-state index >= 15 is 0 Å². The summed E-state index contributed by atoms with van der Waals surface area (Å²) >= 11 is 0. The Labute approximate surface area is 136 Å². The maximum absolute atomic E-state index is 12.8. The summed E-state index contributed by atoms with van der Waals surface area (Å²) in [5.74, 6) is 4.62. The highest BCUT2D eigenvalue weighted by Gasteiger charge is 2.10. The van der Waals surface area contributed by atoms with Gasteiger partial charge in [0.25, 0.3) is 5.91 Å². The number of rotatable bonds is 2. The van der Waals surface area contributed by atoms with Gasteiger partial charge in [0.2, 0.25) is 0 Å². The van der Waals surface area contributed by atoms with E-state index in [0.29, 0.717) is 16.5 Å². The molecule has 1 aromatic heterocycles. The largest absolute Gasteiger partial charge is 0.451 e. The zero-order chi connectivity index (χ0) is 16.9. The number of nitrogens with one attached hydrogen (secondary N) is 1. The third-order valence-corrected chi connectivity index (χ3v) is 3.27. The van der Waals surface area contributed by atoms with Crippen molar-refractivity contribution in [3.63, 3.8) is 0 Å². The summed E-state index contributed by atoms with van der Waals surface area (Å²) in [7, 11) is 0. The average Bonchev–Trinajstić information content (AvgIpc) is 2.60. The topological polar surface area (TPSA) is 59.3 Å². The van der Waals surface area contributed by atoms with Gasteiger partial charge in [-0.3, -0.25) is 9.59 Å². The Morgan fingerprint density at radius 2 is 1.88 bits per heavy atom. The minimum Gasteiger partial charge on any atom is -0.451 e. The Morgan fingerprint density at radius 3 is 2.67 bits per heavy atom. The predicted molar refractivity (Wildman–Crippen MR) is 88.1 cm³/mol. The molecule has 1 N–H and O–H groups in total. The number of para-hydroxylation sites is 1. The zero-order valence-corrected chi connectivity index (χ0v) is 12.5. The van der Waals surface area contributed by atoms with Crippen LogP contribution in [0.1, 0.15) is 16.1 Å². The number of fused-ring (bicyclic) bond motifs is 1. The van der Waals surface area contributed by atoms with Crippen LogP contribution in [0.25, 0.3) is 11.0 Å².